The normalized spacial score (nSPS) is 12.6. The topological polar surface area (TPSA) is 3.24 Å². The van der Waals surface area contributed by atoms with Crippen molar-refractivity contribution in [2.45, 2.75) is 19.3 Å². The Kier molecular flexibility index (Phi) is 8.23. The van der Waals surface area contributed by atoms with Crippen LogP contribution in [-0.2, 0) is 5.41 Å². The van der Waals surface area contributed by atoms with Crippen LogP contribution in [0.4, 0.5) is 17.1 Å². The fourth-order valence-electron chi connectivity index (χ4n) is 8.83. The van der Waals surface area contributed by atoms with Crippen molar-refractivity contribution in [3.05, 3.63) is 223 Å². The second-order valence-corrected chi connectivity index (χ2v) is 15.4. The fraction of sp³-hybridized carbons (Fsp3) is 0.0545. The van der Waals surface area contributed by atoms with Crippen molar-refractivity contribution in [3.63, 3.8) is 0 Å². The van der Waals surface area contributed by atoms with E-state index in [1.54, 1.807) is 0 Å². The standard InChI is InChI=1S/C55H41N/c1-55(2)53-24-9-8-21-51(53)52-23-12-22-50(54(52)55)41-29-33-48(34-30-41)56(49-20-11-19-45(37-49)38-13-4-3-5-14-38)47-31-27-40(28-32-47)43-17-10-18-44(35-43)46-26-25-39-15-6-7-16-42(39)36-46/h3-37H,1-2H3. The molecule has 1 aliphatic rings. The Bertz CT molecular complexity index is 2860. The number of fused-ring (bicyclic) bond motifs is 4. The summed E-state index contributed by atoms with van der Waals surface area (Å²) in [6, 6.07) is 77.5. The first-order valence-electron chi connectivity index (χ1n) is 19.5. The number of benzene rings is 9. The van der Waals surface area contributed by atoms with Gasteiger partial charge in [-0.3, -0.25) is 0 Å². The molecule has 1 aliphatic carbocycles. The average molecular weight is 716 g/mol. The second-order valence-electron chi connectivity index (χ2n) is 15.4. The Balaban J connectivity index is 1.03. The van der Waals surface area contributed by atoms with E-state index < -0.39 is 0 Å². The van der Waals surface area contributed by atoms with Crippen molar-refractivity contribution < 1.29 is 0 Å². The molecule has 0 radical (unpaired) electrons. The van der Waals surface area contributed by atoms with Crippen molar-refractivity contribution in [3.8, 4) is 55.6 Å². The van der Waals surface area contributed by atoms with E-state index in [-0.39, 0.29) is 5.41 Å². The summed E-state index contributed by atoms with van der Waals surface area (Å²) in [6.07, 6.45) is 0. The molecule has 0 aliphatic heterocycles. The summed E-state index contributed by atoms with van der Waals surface area (Å²) in [5.74, 6) is 0. The van der Waals surface area contributed by atoms with Gasteiger partial charge in [0.2, 0.25) is 0 Å². The highest BCUT2D eigenvalue weighted by atomic mass is 15.1. The van der Waals surface area contributed by atoms with E-state index in [1.807, 2.05) is 0 Å². The van der Waals surface area contributed by atoms with Gasteiger partial charge in [0.15, 0.2) is 0 Å². The third kappa shape index (κ3) is 5.90. The Hall–Kier alpha value is -6.96. The molecule has 56 heavy (non-hydrogen) atoms. The lowest BCUT2D eigenvalue weighted by atomic mass is 9.79. The first-order valence-corrected chi connectivity index (χ1v) is 19.5. The molecule has 0 heterocycles. The quantitative estimate of drug-likeness (QED) is 0.159. The number of hydrogen-bond acceptors (Lipinski definition) is 1. The van der Waals surface area contributed by atoms with Gasteiger partial charge in [0.05, 0.1) is 0 Å². The summed E-state index contributed by atoms with van der Waals surface area (Å²) < 4.78 is 0. The van der Waals surface area contributed by atoms with Gasteiger partial charge in [-0.05, 0) is 126 Å². The molecule has 0 saturated carbocycles. The fourth-order valence-corrected chi connectivity index (χ4v) is 8.83. The zero-order valence-electron chi connectivity index (χ0n) is 31.7. The molecule has 266 valence electrons. The van der Waals surface area contributed by atoms with Crippen molar-refractivity contribution in [1.82, 2.24) is 0 Å². The molecule has 10 rings (SSSR count). The van der Waals surface area contributed by atoms with Gasteiger partial charge in [-0.15, -0.1) is 0 Å². The van der Waals surface area contributed by atoms with Crippen LogP contribution in [0.1, 0.15) is 25.0 Å². The molecule has 1 nitrogen and oxygen atoms in total. The molecule has 0 fully saturated rings. The van der Waals surface area contributed by atoms with Crippen molar-refractivity contribution in [1.29, 1.82) is 0 Å². The third-order valence-corrected chi connectivity index (χ3v) is 11.6. The smallest absolute Gasteiger partial charge is 0.0467 e. The van der Waals surface area contributed by atoms with Gasteiger partial charge in [0.25, 0.3) is 0 Å². The monoisotopic (exact) mass is 715 g/mol. The minimum atomic E-state index is -0.0815. The highest BCUT2D eigenvalue weighted by molar-refractivity contribution is 5.90. The minimum Gasteiger partial charge on any atom is -0.310 e. The van der Waals surface area contributed by atoms with Gasteiger partial charge < -0.3 is 4.90 Å². The van der Waals surface area contributed by atoms with Crippen molar-refractivity contribution in [2.24, 2.45) is 0 Å². The summed E-state index contributed by atoms with van der Waals surface area (Å²) in [6.45, 7) is 4.72. The molecule has 0 aromatic heterocycles. The predicted octanol–water partition coefficient (Wildman–Crippen LogP) is 15.3. The molecule has 0 unspecified atom stereocenters. The second kappa shape index (κ2) is 13.7. The van der Waals surface area contributed by atoms with E-state index in [1.165, 1.54) is 77.5 Å². The van der Waals surface area contributed by atoms with Crippen molar-refractivity contribution >= 4 is 27.8 Å². The van der Waals surface area contributed by atoms with E-state index in [0.29, 0.717) is 0 Å². The van der Waals surface area contributed by atoms with Crippen LogP contribution < -0.4 is 4.90 Å². The van der Waals surface area contributed by atoms with E-state index in [9.17, 15) is 0 Å². The molecule has 9 aromatic rings. The predicted molar refractivity (Wildman–Crippen MR) is 238 cm³/mol. The van der Waals surface area contributed by atoms with E-state index in [0.717, 1.165) is 17.1 Å². The first kappa shape index (κ1) is 33.6. The zero-order chi connectivity index (χ0) is 37.6. The summed E-state index contributed by atoms with van der Waals surface area (Å²) in [7, 11) is 0. The van der Waals surface area contributed by atoms with Crippen LogP contribution in [-0.4, -0.2) is 0 Å². The third-order valence-electron chi connectivity index (χ3n) is 11.6. The van der Waals surface area contributed by atoms with E-state index in [2.05, 4.69) is 231 Å². The van der Waals surface area contributed by atoms with Crippen LogP contribution >= 0.6 is 0 Å². The van der Waals surface area contributed by atoms with E-state index in [4.69, 9.17) is 0 Å². The summed E-state index contributed by atoms with van der Waals surface area (Å²) in [5, 5.41) is 2.52. The van der Waals surface area contributed by atoms with Gasteiger partial charge in [0, 0.05) is 22.5 Å². The maximum absolute atomic E-state index is 2.38. The molecule has 0 atom stereocenters. The Morgan fingerprint density at radius 1 is 0.304 bits per heavy atom. The molecule has 0 spiro atoms. The lowest BCUT2D eigenvalue weighted by Crippen LogP contribution is -2.16. The number of anilines is 3. The van der Waals surface area contributed by atoms with Crippen LogP contribution in [0, 0.1) is 0 Å². The number of nitrogens with zero attached hydrogens (tertiary/aromatic N) is 1. The molecule has 0 bridgehead atoms. The molecular formula is C55H41N. The van der Waals surface area contributed by atoms with Gasteiger partial charge in [-0.1, -0.05) is 178 Å². The molecule has 9 aromatic carbocycles. The molecule has 0 saturated heterocycles. The summed E-state index contributed by atoms with van der Waals surface area (Å²) >= 11 is 0. The van der Waals surface area contributed by atoms with Gasteiger partial charge in [0.1, 0.15) is 0 Å². The highest BCUT2D eigenvalue weighted by Crippen LogP contribution is 2.52. The maximum atomic E-state index is 2.38. The SMILES string of the molecule is CC1(C)c2ccccc2-c2cccc(-c3ccc(N(c4ccc(-c5cccc(-c6ccc7ccccc7c6)c5)cc4)c4cccc(-c5ccccc5)c4)cc3)c21. The zero-order valence-corrected chi connectivity index (χ0v) is 31.7. The van der Waals surface area contributed by atoms with Crippen LogP contribution in [0.3, 0.4) is 0 Å². The molecular weight excluding hydrogens is 675 g/mol. The van der Waals surface area contributed by atoms with Crippen LogP contribution in [0.2, 0.25) is 0 Å². The molecule has 0 amide bonds. The average Bonchev–Trinajstić information content (AvgIpc) is 3.50. The Morgan fingerprint density at radius 2 is 0.804 bits per heavy atom. The molecule has 1 heteroatoms. The van der Waals surface area contributed by atoms with Gasteiger partial charge in [-0.2, -0.15) is 0 Å². The van der Waals surface area contributed by atoms with Crippen LogP contribution in [0.5, 0.6) is 0 Å². The lowest BCUT2D eigenvalue weighted by Gasteiger charge is -2.27. The minimum absolute atomic E-state index is 0.0815. The summed E-state index contributed by atoms with van der Waals surface area (Å²) in [5.41, 5.74) is 18.5. The van der Waals surface area contributed by atoms with E-state index >= 15 is 0 Å². The summed E-state index contributed by atoms with van der Waals surface area (Å²) in [4.78, 5) is 2.38. The van der Waals surface area contributed by atoms with Crippen molar-refractivity contribution in [2.75, 3.05) is 4.90 Å². The Morgan fingerprint density at radius 3 is 1.57 bits per heavy atom. The van der Waals surface area contributed by atoms with Gasteiger partial charge >= 0.3 is 0 Å². The van der Waals surface area contributed by atoms with Gasteiger partial charge in [-0.25, -0.2) is 0 Å². The molecule has 0 N–H and O–H groups in total. The number of hydrogen-bond donors (Lipinski definition) is 0. The first-order chi connectivity index (χ1) is 27.5. The lowest BCUT2D eigenvalue weighted by molar-refractivity contribution is 0.662. The highest BCUT2D eigenvalue weighted by Gasteiger charge is 2.37. The largest absolute Gasteiger partial charge is 0.310 e. The van der Waals surface area contributed by atoms with Crippen LogP contribution in [0.15, 0.2) is 212 Å². The maximum Gasteiger partial charge on any atom is 0.0467 e. The number of rotatable bonds is 7. The van der Waals surface area contributed by atoms with Crippen LogP contribution in [0.25, 0.3) is 66.4 Å². The Labute approximate surface area is 329 Å².